The quantitative estimate of drug-likeness (QED) is 0.364. The SMILES string of the molecule is CNC(=O)c1cc(C(=O)NCCC[C@]2(F)CCCNC2)cc2c1OC(C)C2c1cccc(OCCO)c1. The Morgan fingerprint density at radius 3 is 2.84 bits per heavy atom. The van der Waals surface area contributed by atoms with Crippen LogP contribution in [0.3, 0.4) is 0 Å². The normalized spacial score (nSPS) is 22.6. The third-order valence-electron chi connectivity index (χ3n) is 7.04. The van der Waals surface area contributed by atoms with Crippen LogP contribution in [0.5, 0.6) is 11.5 Å². The van der Waals surface area contributed by atoms with Crippen molar-refractivity contribution in [3.8, 4) is 11.5 Å². The average Bonchev–Trinajstić information content (AvgIpc) is 3.25. The summed E-state index contributed by atoms with van der Waals surface area (Å²) in [5.41, 5.74) is 1.08. The Balaban J connectivity index is 1.55. The molecular formula is C28H36FN3O5. The monoisotopic (exact) mass is 513 g/mol. The number of ether oxygens (including phenoxy) is 2. The molecule has 4 N–H and O–H groups in total. The maximum Gasteiger partial charge on any atom is 0.254 e. The molecule has 0 bridgehead atoms. The summed E-state index contributed by atoms with van der Waals surface area (Å²) in [6.07, 6.45) is 1.99. The van der Waals surface area contributed by atoms with Gasteiger partial charge in [-0.05, 0) is 69.0 Å². The van der Waals surface area contributed by atoms with Crippen LogP contribution in [-0.2, 0) is 0 Å². The molecule has 2 amide bonds. The van der Waals surface area contributed by atoms with Gasteiger partial charge in [-0.2, -0.15) is 0 Å². The third-order valence-corrected chi connectivity index (χ3v) is 7.04. The van der Waals surface area contributed by atoms with Crippen molar-refractivity contribution in [3.05, 3.63) is 58.7 Å². The van der Waals surface area contributed by atoms with E-state index < -0.39 is 5.67 Å². The van der Waals surface area contributed by atoms with Gasteiger partial charge < -0.3 is 30.5 Å². The highest BCUT2D eigenvalue weighted by molar-refractivity contribution is 6.02. The lowest BCUT2D eigenvalue weighted by atomic mass is 9.86. The number of halogens is 1. The van der Waals surface area contributed by atoms with Crippen molar-refractivity contribution in [1.29, 1.82) is 0 Å². The molecule has 0 saturated carbocycles. The Bertz CT molecular complexity index is 1120. The van der Waals surface area contributed by atoms with Crippen molar-refractivity contribution >= 4 is 11.8 Å². The van der Waals surface area contributed by atoms with Crippen LogP contribution >= 0.6 is 0 Å². The standard InChI is InChI=1S/C28H36FN3O5/c1-18-24(19-6-3-7-21(14-19)36-13-12-33)22-15-20(16-23(25(22)37-18)27(35)30-2)26(34)32-11-5-9-28(29)8-4-10-31-17-28/h3,6-7,14-16,18,24,31,33H,4-5,8-13,17H2,1-2H3,(H,30,35)(H,32,34)/t18?,24?,28-/m1/s1. The molecule has 2 aromatic carbocycles. The number of amides is 2. The average molecular weight is 514 g/mol. The van der Waals surface area contributed by atoms with Crippen LogP contribution in [0.15, 0.2) is 36.4 Å². The highest BCUT2D eigenvalue weighted by Crippen LogP contribution is 2.45. The van der Waals surface area contributed by atoms with Crippen LogP contribution in [0.4, 0.5) is 4.39 Å². The topological polar surface area (TPSA) is 109 Å². The molecule has 2 unspecified atom stereocenters. The largest absolute Gasteiger partial charge is 0.491 e. The lowest BCUT2D eigenvalue weighted by Crippen LogP contribution is -2.42. The van der Waals surface area contributed by atoms with E-state index in [-0.39, 0.29) is 37.0 Å². The first-order chi connectivity index (χ1) is 17.8. The van der Waals surface area contributed by atoms with Crippen molar-refractivity contribution < 1.29 is 28.6 Å². The van der Waals surface area contributed by atoms with E-state index in [2.05, 4.69) is 16.0 Å². The minimum absolute atomic E-state index is 0.0901. The number of aliphatic hydroxyl groups excluding tert-OH is 1. The first-order valence-corrected chi connectivity index (χ1v) is 12.9. The number of piperidine rings is 1. The highest BCUT2D eigenvalue weighted by atomic mass is 19.1. The van der Waals surface area contributed by atoms with Gasteiger partial charge in [0.25, 0.3) is 11.8 Å². The first kappa shape index (κ1) is 26.9. The Labute approximate surface area is 216 Å². The zero-order valence-electron chi connectivity index (χ0n) is 21.4. The molecule has 200 valence electrons. The molecule has 0 aromatic heterocycles. The Morgan fingerprint density at radius 1 is 1.27 bits per heavy atom. The second-order valence-electron chi connectivity index (χ2n) is 9.76. The third kappa shape index (κ3) is 6.22. The second-order valence-corrected chi connectivity index (χ2v) is 9.76. The molecule has 0 spiro atoms. The van der Waals surface area contributed by atoms with Gasteiger partial charge in [0.05, 0.1) is 12.2 Å². The summed E-state index contributed by atoms with van der Waals surface area (Å²) in [6, 6.07) is 10.8. The Morgan fingerprint density at radius 2 is 2.11 bits per heavy atom. The van der Waals surface area contributed by atoms with E-state index >= 15 is 0 Å². The predicted octanol–water partition coefficient (Wildman–Crippen LogP) is 2.93. The second kappa shape index (κ2) is 11.9. The molecule has 2 aromatic rings. The zero-order valence-corrected chi connectivity index (χ0v) is 21.4. The van der Waals surface area contributed by atoms with Crippen LogP contribution in [0, 0.1) is 0 Å². The molecule has 9 heteroatoms. The number of rotatable bonds is 10. The van der Waals surface area contributed by atoms with Crippen LogP contribution < -0.4 is 25.4 Å². The fourth-order valence-electron chi connectivity index (χ4n) is 5.22. The molecule has 2 heterocycles. The molecule has 8 nitrogen and oxygen atoms in total. The number of aliphatic hydroxyl groups is 1. The summed E-state index contributed by atoms with van der Waals surface area (Å²) in [6.45, 7) is 3.56. The summed E-state index contributed by atoms with van der Waals surface area (Å²) in [5.74, 6) is 0.184. The van der Waals surface area contributed by atoms with Crippen LogP contribution in [0.2, 0.25) is 0 Å². The van der Waals surface area contributed by atoms with Gasteiger partial charge >= 0.3 is 0 Å². The fraction of sp³-hybridized carbons (Fsp3) is 0.500. The molecule has 1 saturated heterocycles. The Kier molecular flexibility index (Phi) is 8.66. The van der Waals surface area contributed by atoms with Crippen molar-refractivity contribution in [2.75, 3.05) is 39.9 Å². The van der Waals surface area contributed by atoms with Crippen LogP contribution in [-0.4, -0.2) is 68.6 Å². The summed E-state index contributed by atoms with van der Waals surface area (Å²) in [5, 5.41) is 17.7. The van der Waals surface area contributed by atoms with Gasteiger partial charge in [-0.1, -0.05) is 12.1 Å². The van der Waals surface area contributed by atoms with Gasteiger partial charge in [0, 0.05) is 37.2 Å². The van der Waals surface area contributed by atoms with Gasteiger partial charge in [0.2, 0.25) is 0 Å². The smallest absolute Gasteiger partial charge is 0.254 e. The summed E-state index contributed by atoms with van der Waals surface area (Å²) < 4.78 is 26.5. The Hall–Kier alpha value is -3.17. The van der Waals surface area contributed by atoms with Crippen molar-refractivity contribution in [2.45, 2.75) is 50.3 Å². The predicted molar refractivity (Wildman–Crippen MR) is 138 cm³/mol. The van der Waals surface area contributed by atoms with Gasteiger partial charge in [-0.25, -0.2) is 4.39 Å². The molecule has 0 aliphatic carbocycles. The van der Waals surface area contributed by atoms with Crippen LogP contribution in [0.1, 0.15) is 70.4 Å². The van der Waals surface area contributed by atoms with Crippen molar-refractivity contribution in [3.63, 3.8) is 0 Å². The minimum Gasteiger partial charge on any atom is -0.491 e. The van der Waals surface area contributed by atoms with E-state index in [9.17, 15) is 14.0 Å². The van der Waals surface area contributed by atoms with Gasteiger partial charge in [0.1, 0.15) is 29.9 Å². The molecule has 2 aliphatic rings. The van der Waals surface area contributed by atoms with E-state index in [4.69, 9.17) is 14.6 Å². The molecule has 4 rings (SSSR count). The molecule has 3 atom stereocenters. The number of carbonyl (C=O) groups excluding carboxylic acids is 2. The van der Waals surface area contributed by atoms with E-state index in [1.807, 2.05) is 31.2 Å². The maximum atomic E-state index is 14.8. The molecular weight excluding hydrogens is 477 g/mol. The van der Waals surface area contributed by atoms with E-state index in [0.717, 1.165) is 24.1 Å². The number of alkyl halides is 1. The van der Waals surface area contributed by atoms with Crippen LogP contribution in [0.25, 0.3) is 0 Å². The molecule has 37 heavy (non-hydrogen) atoms. The van der Waals surface area contributed by atoms with E-state index in [0.29, 0.717) is 55.0 Å². The lowest BCUT2D eigenvalue weighted by Gasteiger charge is -2.30. The zero-order chi connectivity index (χ0) is 26.4. The van der Waals surface area contributed by atoms with Gasteiger partial charge in [0.15, 0.2) is 0 Å². The number of carbonyl (C=O) groups is 2. The number of benzene rings is 2. The number of hydrogen-bond donors (Lipinski definition) is 4. The number of nitrogens with one attached hydrogen (secondary N) is 3. The number of fused-ring (bicyclic) bond motifs is 1. The minimum atomic E-state index is -1.22. The van der Waals surface area contributed by atoms with Gasteiger partial charge in [-0.15, -0.1) is 0 Å². The molecule has 0 radical (unpaired) electrons. The summed E-state index contributed by atoms with van der Waals surface area (Å²) in [4.78, 5) is 25.8. The van der Waals surface area contributed by atoms with Crippen molar-refractivity contribution in [2.24, 2.45) is 0 Å². The maximum absolute atomic E-state index is 14.8. The van der Waals surface area contributed by atoms with Crippen molar-refractivity contribution in [1.82, 2.24) is 16.0 Å². The molecule has 1 fully saturated rings. The van der Waals surface area contributed by atoms with E-state index in [1.54, 1.807) is 12.1 Å². The summed E-state index contributed by atoms with van der Waals surface area (Å²) >= 11 is 0. The highest BCUT2D eigenvalue weighted by Gasteiger charge is 2.37. The fourth-order valence-corrected chi connectivity index (χ4v) is 5.22. The number of hydrogen-bond acceptors (Lipinski definition) is 6. The van der Waals surface area contributed by atoms with Gasteiger partial charge in [-0.3, -0.25) is 9.59 Å². The molecule has 2 aliphatic heterocycles. The van der Waals surface area contributed by atoms with E-state index in [1.165, 1.54) is 7.05 Å². The first-order valence-electron chi connectivity index (χ1n) is 12.9. The lowest BCUT2D eigenvalue weighted by molar-refractivity contribution is 0.0929. The summed E-state index contributed by atoms with van der Waals surface area (Å²) in [7, 11) is 1.53.